The molecule has 4 heteroatoms. The van der Waals surface area contributed by atoms with E-state index in [4.69, 9.17) is 0 Å². The van der Waals surface area contributed by atoms with Gasteiger partial charge in [0.15, 0.2) is 0 Å². The van der Waals surface area contributed by atoms with Gasteiger partial charge in [-0.05, 0) is 30.9 Å². The van der Waals surface area contributed by atoms with Crippen molar-refractivity contribution in [3.05, 3.63) is 36.2 Å². The van der Waals surface area contributed by atoms with E-state index < -0.39 is 0 Å². The number of rotatable bonds is 3. The van der Waals surface area contributed by atoms with Gasteiger partial charge in [0, 0.05) is 13.6 Å². The van der Waals surface area contributed by atoms with Crippen molar-refractivity contribution in [1.29, 1.82) is 0 Å². The number of amides is 1. The number of aromatic nitrogens is 2. The molecule has 0 unspecified atom stereocenters. The zero-order valence-electron chi connectivity index (χ0n) is 12.5. The van der Waals surface area contributed by atoms with Crippen molar-refractivity contribution in [2.75, 3.05) is 13.6 Å². The molecular weight excluding hydrogens is 262 g/mol. The maximum absolute atomic E-state index is 12.5. The highest BCUT2D eigenvalue weighted by Crippen LogP contribution is 2.24. The molecule has 4 nitrogen and oxygen atoms in total. The average molecular weight is 283 g/mol. The molecule has 1 aromatic carbocycles. The van der Waals surface area contributed by atoms with Crippen molar-refractivity contribution in [3.8, 4) is 0 Å². The Hall–Kier alpha value is -1.97. The molecule has 3 rings (SSSR count). The van der Waals surface area contributed by atoms with E-state index in [1.807, 2.05) is 31.3 Å². The summed E-state index contributed by atoms with van der Waals surface area (Å²) in [6, 6.07) is 7.63. The summed E-state index contributed by atoms with van der Waals surface area (Å²) in [4.78, 5) is 23.0. The molecule has 0 atom stereocenters. The van der Waals surface area contributed by atoms with Gasteiger partial charge < -0.3 is 4.90 Å². The third-order valence-electron chi connectivity index (χ3n) is 4.27. The summed E-state index contributed by atoms with van der Waals surface area (Å²) in [6.45, 7) is 0.827. The van der Waals surface area contributed by atoms with Crippen LogP contribution in [0.15, 0.2) is 30.5 Å². The Labute approximate surface area is 125 Å². The first-order valence-corrected chi connectivity index (χ1v) is 7.71. The Kier molecular flexibility index (Phi) is 4.13. The van der Waals surface area contributed by atoms with Gasteiger partial charge in [-0.15, -0.1) is 0 Å². The number of carbonyl (C=O) groups is 1. The van der Waals surface area contributed by atoms with Crippen LogP contribution in [0.4, 0.5) is 0 Å². The summed E-state index contributed by atoms with van der Waals surface area (Å²) in [5.74, 6) is 0.611. The SMILES string of the molecule is CN(CC1CCCCC1)C(=O)c1cnc2ccccc2n1. The maximum atomic E-state index is 12.5. The lowest BCUT2D eigenvalue weighted by atomic mass is 9.89. The van der Waals surface area contributed by atoms with E-state index in [0.717, 1.165) is 17.6 Å². The highest BCUT2D eigenvalue weighted by Gasteiger charge is 2.20. The van der Waals surface area contributed by atoms with Gasteiger partial charge in [-0.2, -0.15) is 0 Å². The molecule has 2 aromatic rings. The fourth-order valence-electron chi connectivity index (χ4n) is 3.10. The highest BCUT2D eigenvalue weighted by molar-refractivity contribution is 5.93. The van der Waals surface area contributed by atoms with Crippen molar-refractivity contribution in [3.63, 3.8) is 0 Å². The Bertz CT molecular complexity index is 635. The van der Waals surface area contributed by atoms with Gasteiger partial charge in [-0.3, -0.25) is 9.78 Å². The summed E-state index contributed by atoms with van der Waals surface area (Å²) in [6.07, 6.45) is 7.99. The fourth-order valence-corrected chi connectivity index (χ4v) is 3.10. The van der Waals surface area contributed by atoms with Crippen LogP contribution in [-0.4, -0.2) is 34.4 Å². The summed E-state index contributed by atoms with van der Waals surface area (Å²) < 4.78 is 0. The van der Waals surface area contributed by atoms with Gasteiger partial charge in [0.2, 0.25) is 0 Å². The number of para-hydroxylation sites is 2. The molecule has 1 amide bonds. The van der Waals surface area contributed by atoms with Crippen LogP contribution in [0.2, 0.25) is 0 Å². The van der Waals surface area contributed by atoms with Crippen LogP contribution in [0.25, 0.3) is 11.0 Å². The largest absolute Gasteiger partial charge is 0.340 e. The molecule has 0 saturated heterocycles. The monoisotopic (exact) mass is 283 g/mol. The molecule has 0 aliphatic heterocycles. The van der Waals surface area contributed by atoms with E-state index in [9.17, 15) is 4.79 Å². The molecule has 1 aliphatic carbocycles. The minimum Gasteiger partial charge on any atom is -0.340 e. The maximum Gasteiger partial charge on any atom is 0.273 e. The van der Waals surface area contributed by atoms with Gasteiger partial charge in [0.1, 0.15) is 5.69 Å². The minimum absolute atomic E-state index is 0.0289. The molecular formula is C17H21N3O. The molecule has 110 valence electrons. The van der Waals surface area contributed by atoms with Gasteiger partial charge in [-0.25, -0.2) is 4.98 Å². The number of carbonyl (C=O) groups excluding carboxylic acids is 1. The first kappa shape index (κ1) is 14.0. The second-order valence-corrected chi connectivity index (χ2v) is 5.93. The van der Waals surface area contributed by atoms with Crippen LogP contribution >= 0.6 is 0 Å². The quantitative estimate of drug-likeness (QED) is 0.868. The summed E-state index contributed by atoms with van der Waals surface area (Å²) in [5.41, 5.74) is 2.03. The number of hydrogen-bond acceptors (Lipinski definition) is 3. The Balaban J connectivity index is 1.72. The molecule has 0 bridgehead atoms. The third-order valence-corrected chi connectivity index (χ3v) is 4.27. The van der Waals surface area contributed by atoms with Crippen LogP contribution in [-0.2, 0) is 0 Å². The molecule has 1 aliphatic rings. The topological polar surface area (TPSA) is 46.1 Å². The molecule has 0 radical (unpaired) electrons. The predicted molar refractivity (Wildman–Crippen MR) is 83.1 cm³/mol. The Morgan fingerprint density at radius 1 is 1.19 bits per heavy atom. The van der Waals surface area contributed by atoms with Crippen LogP contribution in [0.5, 0.6) is 0 Å². The molecule has 0 N–H and O–H groups in total. The van der Waals surface area contributed by atoms with E-state index in [1.54, 1.807) is 11.1 Å². The molecule has 21 heavy (non-hydrogen) atoms. The van der Waals surface area contributed by atoms with Gasteiger partial charge in [0.05, 0.1) is 17.2 Å². The van der Waals surface area contributed by atoms with Crippen LogP contribution in [0.3, 0.4) is 0 Å². The number of fused-ring (bicyclic) bond motifs is 1. The van der Waals surface area contributed by atoms with Crippen molar-refractivity contribution >= 4 is 16.9 Å². The van der Waals surface area contributed by atoms with Crippen molar-refractivity contribution in [2.45, 2.75) is 32.1 Å². The van der Waals surface area contributed by atoms with E-state index in [1.165, 1.54) is 32.1 Å². The Morgan fingerprint density at radius 3 is 2.67 bits per heavy atom. The summed E-state index contributed by atoms with van der Waals surface area (Å²) in [5, 5.41) is 0. The molecule has 1 fully saturated rings. The highest BCUT2D eigenvalue weighted by atomic mass is 16.2. The zero-order chi connectivity index (χ0) is 14.7. The normalized spacial score (nSPS) is 16.0. The number of benzene rings is 1. The lowest BCUT2D eigenvalue weighted by Gasteiger charge is -2.26. The van der Waals surface area contributed by atoms with Crippen molar-refractivity contribution < 1.29 is 4.79 Å². The van der Waals surface area contributed by atoms with Gasteiger partial charge in [0.25, 0.3) is 5.91 Å². The lowest BCUT2D eigenvalue weighted by molar-refractivity contribution is 0.0755. The average Bonchev–Trinajstić information content (AvgIpc) is 2.54. The minimum atomic E-state index is -0.0289. The van der Waals surface area contributed by atoms with E-state index in [-0.39, 0.29) is 5.91 Å². The molecule has 1 aromatic heterocycles. The van der Waals surface area contributed by atoms with Crippen LogP contribution in [0, 0.1) is 5.92 Å². The lowest BCUT2D eigenvalue weighted by Crippen LogP contribution is -2.33. The van der Waals surface area contributed by atoms with Crippen LogP contribution in [0.1, 0.15) is 42.6 Å². The van der Waals surface area contributed by atoms with Gasteiger partial charge >= 0.3 is 0 Å². The fraction of sp³-hybridized carbons (Fsp3) is 0.471. The van der Waals surface area contributed by atoms with Crippen molar-refractivity contribution in [1.82, 2.24) is 14.9 Å². The van der Waals surface area contributed by atoms with E-state index in [2.05, 4.69) is 9.97 Å². The Morgan fingerprint density at radius 2 is 1.90 bits per heavy atom. The third kappa shape index (κ3) is 3.20. The molecule has 0 spiro atoms. The second kappa shape index (κ2) is 6.20. The van der Waals surface area contributed by atoms with Crippen molar-refractivity contribution in [2.24, 2.45) is 5.92 Å². The summed E-state index contributed by atoms with van der Waals surface area (Å²) >= 11 is 0. The zero-order valence-corrected chi connectivity index (χ0v) is 12.5. The first-order chi connectivity index (χ1) is 10.2. The molecule has 1 saturated carbocycles. The number of nitrogens with zero attached hydrogens (tertiary/aromatic N) is 3. The second-order valence-electron chi connectivity index (χ2n) is 5.93. The number of hydrogen-bond donors (Lipinski definition) is 0. The standard InChI is InChI=1S/C17H21N3O/c1-20(12-13-7-3-2-4-8-13)17(21)16-11-18-14-9-5-6-10-15(14)19-16/h5-6,9-11,13H,2-4,7-8,12H2,1H3. The summed E-state index contributed by atoms with van der Waals surface area (Å²) in [7, 11) is 1.87. The van der Waals surface area contributed by atoms with Gasteiger partial charge in [-0.1, -0.05) is 31.4 Å². The van der Waals surface area contributed by atoms with E-state index >= 15 is 0 Å². The van der Waals surface area contributed by atoms with Crippen LogP contribution < -0.4 is 0 Å². The van der Waals surface area contributed by atoms with E-state index in [0.29, 0.717) is 11.6 Å². The molecule has 1 heterocycles. The predicted octanol–water partition coefficient (Wildman–Crippen LogP) is 3.28. The smallest absolute Gasteiger partial charge is 0.273 e. The first-order valence-electron chi connectivity index (χ1n) is 7.71.